The maximum atomic E-state index is 13.8. The van der Waals surface area contributed by atoms with Gasteiger partial charge >= 0.3 is 11.7 Å². The first-order valence-corrected chi connectivity index (χ1v) is 13.1. The van der Waals surface area contributed by atoms with Crippen LogP contribution in [-0.4, -0.2) is 46.6 Å². The van der Waals surface area contributed by atoms with Crippen LogP contribution in [0, 0.1) is 0 Å². The van der Waals surface area contributed by atoms with E-state index in [9.17, 15) is 14.4 Å². The lowest BCUT2D eigenvalue weighted by Gasteiger charge is -2.27. The first-order chi connectivity index (χ1) is 17.6. The lowest BCUT2D eigenvalue weighted by molar-refractivity contribution is -0.155. The molecule has 0 bridgehead atoms. The largest absolute Gasteiger partial charge is 0.459 e. The van der Waals surface area contributed by atoms with Crippen LogP contribution in [-0.2, 0) is 26.3 Å². The summed E-state index contributed by atoms with van der Waals surface area (Å²) < 4.78 is 12.0. The van der Waals surface area contributed by atoms with Gasteiger partial charge in [0.25, 0.3) is 0 Å². The molecule has 1 amide bonds. The average molecular weight is 506 g/mol. The normalized spacial score (nSPS) is 18.0. The number of benzene rings is 2. The summed E-state index contributed by atoms with van der Waals surface area (Å²) in [5, 5.41) is 3.34. The molecule has 5 rings (SSSR count). The second kappa shape index (κ2) is 9.82. The molecule has 3 aromatic rings. The van der Waals surface area contributed by atoms with Crippen LogP contribution >= 0.6 is 0 Å². The van der Waals surface area contributed by atoms with Crippen LogP contribution in [0.3, 0.4) is 0 Å². The van der Waals surface area contributed by atoms with Gasteiger partial charge in [-0.1, -0.05) is 36.4 Å². The lowest BCUT2D eigenvalue weighted by Crippen LogP contribution is -2.41. The van der Waals surface area contributed by atoms with Crippen molar-refractivity contribution in [1.29, 1.82) is 0 Å². The minimum Gasteiger partial charge on any atom is -0.459 e. The first-order valence-electron chi connectivity index (χ1n) is 13.1. The number of likely N-dealkylation sites (tertiary alicyclic amines) is 1. The molecule has 0 radical (unpaired) electrons. The van der Waals surface area contributed by atoms with Crippen molar-refractivity contribution in [2.45, 2.75) is 70.1 Å². The number of carbonyl (C=O) groups is 2. The zero-order valence-electron chi connectivity index (χ0n) is 21.8. The minimum absolute atomic E-state index is 0.00978. The van der Waals surface area contributed by atoms with Gasteiger partial charge in [-0.15, -0.1) is 0 Å². The molecule has 196 valence electrons. The van der Waals surface area contributed by atoms with Crippen LogP contribution in [0.25, 0.3) is 11.1 Å². The third kappa shape index (κ3) is 5.49. The number of aromatic nitrogens is 1. The highest BCUT2D eigenvalue weighted by molar-refractivity contribution is 5.93. The number of fused-ring (bicyclic) bond motifs is 1. The Bertz CT molecular complexity index is 1340. The Hall–Kier alpha value is -3.39. The third-order valence-corrected chi connectivity index (χ3v) is 7.26. The van der Waals surface area contributed by atoms with Crippen LogP contribution in [0.15, 0.2) is 57.7 Å². The molecule has 8 heteroatoms. The van der Waals surface area contributed by atoms with Crippen LogP contribution < -0.4 is 11.1 Å². The highest BCUT2D eigenvalue weighted by Crippen LogP contribution is 2.49. The monoisotopic (exact) mass is 505 g/mol. The van der Waals surface area contributed by atoms with Gasteiger partial charge in [-0.3, -0.25) is 14.2 Å². The maximum absolute atomic E-state index is 13.8. The standard InChI is InChI=1S/C29H35N3O5/c1-28(2,3)37-25(33)19-32-23-17-21(11-12-24(23)36-27(32)35)29(13-14-29)26(34)30-22(18-31-15-7-8-16-31)20-9-5-4-6-10-20/h4-6,9-12,17,22H,7-8,13-16,18-19H2,1-3H3,(H,30,34). The molecule has 1 saturated carbocycles. The summed E-state index contributed by atoms with van der Waals surface area (Å²) in [6.45, 7) is 7.97. The van der Waals surface area contributed by atoms with E-state index in [1.165, 1.54) is 17.4 Å². The number of carbonyl (C=O) groups excluding carboxylic acids is 2. The molecule has 0 spiro atoms. The predicted octanol–water partition coefficient (Wildman–Crippen LogP) is 3.92. The van der Waals surface area contributed by atoms with Gasteiger partial charge in [0, 0.05) is 6.54 Å². The number of hydrogen-bond donors (Lipinski definition) is 1. The van der Waals surface area contributed by atoms with Crippen LogP contribution in [0.4, 0.5) is 0 Å². The van der Waals surface area contributed by atoms with Crippen molar-refractivity contribution in [3.05, 3.63) is 70.2 Å². The number of oxazole rings is 1. The Morgan fingerprint density at radius 1 is 1.08 bits per heavy atom. The SMILES string of the molecule is CC(C)(C)OC(=O)Cn1c(=O)oc2ccc(C3(C(=O)NC(CN4CCCC4)c4ccccc4)CC3)cc21. The van der Waals surface area contributed by atoms with E-state index in [4.69, 9.17) is 9.15 Å². The highest BCUT2D eigenvalue weighted by Gasteiger charge is 2.52. The number of rotatable bonds is 8. The number of esters is 1. The van der Waals surface area contributed by atoms with Gasteiger partial charge in [0.2, 0.25) is 5.91 Å². The quantitative estimate of drug-likeness (QED) is 0.467. The molecule has 1 aliphatic carbocycles. The Kier molecular flexibility index (Phi) is 6.70. The minimum atomic E-state index is -0.661. The fraction of sp³-hybridized carbons (Fsp3) is 0.483. The van der Waals surface area contributed by atoms with E-state index in [-0.39, 0.29) is 18.5 Å². The van der Waals surface area contributed by atoms with Crippen LogP contribution in [0.1, 0.15) is 63.6 Å². The molecule has 2 fully saturated rings. The number of amides is 1. The van der Waals surface area contributed by atoms with Crippen molar-refractivity contribution < 1.29 is 18.7 Å². The molecule has 37 heavy (non-hydrogen) atoms. The molecule has 1 saturated heterocycles. The summed E-state index contributed by atoms with van der Waals surface area (Å²) in [6, 6.07) is 15.4. The fourth-order valence-corrected chi connectivity index (χ4v) is 5.22. The predicted molar refractivity (Wildman–Crippen MR) is 140 cm³/mol. The van der Waals surface area contributed by atoms with E-state index in [2.05, 4.69) is 22.3 Å². The first kappa shape index (κ1) is 25.3. The Labute approximate surface area is 216 Å². The van der Waals surface area contributed by atoms with Gasteiger partial charge in [-0.05, 0) is 82.8 Å². The zero-order chi connectivity index (χ0) is 26.2. The van der Waals surface area contributed by atoms with Crippen molar-refractivity contribution in [3.63, 3.8) is 0 Å². The van der Waals surface area contributed by atoms with E-state index in [0.717, 1.165) is 43.6 Å². The molecule has 1 N–H and O–H groups in total. The fourth-order valence-electron chi connectivity index (χ4n) is 5.22. The van der Waals surface area contributed by atoms with E-state index in [1.54, 1.807) is 26.8 Å². The summed E-state index contributed by atoms with van der Waals surface area (Å²) in [7, 11) is 0. The molecule has 2 aliphatic rings. The third-order valence-electron chi connectivity index (χ3n) is 7.26. The number of nitrogens with zero attached hydrogens (tertiary/aromatic N) is 2. The Balaban J connectivity index is 1.40. The maximum Gasteiger partial charge on any atom is 0.420 e. The summed E-state index contributed by atoms with van der Waals surface area (Å²) >= 11 is 0. The van der Waals surface area contributed by atoms with Gasteiger partial charge in [0.15, 0.2) is 5.58 Å². The van der Waals surface area contributed by atoms with Crippen LogP contribution in [0.5, 0.6) is 0 Å². The lowest BCUT2D eigenvalue weighted by atomic mass is 9.93. The molecule has 1 atom stereocenters. The smallest absolute Gasteiger partial charge is 0.420 e. The van der Waals surface area contributed by atoms with Crippen LogP contribution in [0.2, 0.25) is 0 Å². The molecule has 8 nitrogen and oxygen atoms in total. The number of nitrogens with one attached hydrogen (secondary N) is 1. The molecule has 2 heterocycles. The van der Waals surface area contributed by atoms with Crippen molar-refractivity contribution in [1.82, 2.24) is 14.8 Å². The van der Waals surface area contributed by atoms with Gasteiger partial charge in [0.1, 0.15) is 12.1 Å². The van der Waals surface area contributed by atoms with Crippen molar-refractivity contribution >= 4 is 23.0 Å². The van der Waals surface area contributed by atoms with Gasteiger partial charge in [-0.25, -0.2) is 4.79 Å². The topological polar surface area (TPSA) is 93.8 Å². The van der Waals surface area contributed by atoms with Gasteiger partial charge in [0.05, 0.1) is 17.0 Å². The highest BCUT2D eigenvalue weighted by atomic mass is 16.6. The Morgan fingerprint density at radius 2 is 1.78 bits per heavy atom. The summed E-state index contributed by atoms with van der Waals surface area (Å²) in [5.74, 6) is -1.15. The van der Waals surface area contributed by atoms with E-state index < -0.39 is 22.7 Å². The van der Waals surface area contributed by atoms with E-state index >= 15 is 0 Å². The Morgan fingerprint density at radius 3 is 2.43 bits per heavy atom. The molecule has 1 aliphatic heterocycles. The summed E-state index contributed by atoms with van der Waals surface area (Å²) in [5.41, 5.74) is 1.47. The number of hydrogen-bond acceptors (Lipinski definition) is 6. The van der Waals surface area contributed by atoms with E-state index in [1.807, 2.05) is 30.3 Å². The van der Waals surface area contributed by atoms with E-state index in [0.29, 0.717) is 11.1 Å². The molecular formula is C29H35N3O5. The second-order valence-electron chi connectivity index (χ2n) is 11.2. The van der Waals surface area contributed by atoms with Gasteiger partial charge in [-0.2, -0.15) is 0 Å². The molecule has 1 aromatic heterocycles. The second-order valence-corrected chi connectivity index (χ2v) is 11.2. The van der Waals surface area contributed by atoms with Crippen molar-refractivity contribution in [3.8, 4) is 0 Å². The molecule has 1 unspecified atom stereocenters. The molecule has 2 aromatic carbocycles. The number of ether oxygens (including phenoxy) is 1. The molecular weight excluding hydrogens is 470 g/mol. The van der Waals surface area contributed by atoms with Gasteiger partial charge < -0.3 is 19.4 Å². The zero-order valence-corrected chi connectivity index (χ0v) is 21.8. The van der Waals surface area contributed by atoms with Crippen molar-refractivity contribution in [2.75, 3.05) is 19.6 Å². The summed E-state index contributed by atoms with van der Waals surface area (Å²) in [4.78, 5) is 41.1. The van der Waals surface area contributed by atoms with Crippen molar-refractivity contribution in [2.24, 2.45) is 0 Å². The average Bonchev–Trinajstić information content (AvgIpc) is 3.40. The summed E-state index contributed by atoms with van der Waals surface area (Å²) in [6.07, 6.45) is 3.83.